The van der Waals surface area contributed by atoms with Gasteiger partial charge in [-0.25, -0.2) is 8.42 Å². The molecule has 0 aromatic heterocycles. The van der Waals surface area contributed by atoms with E-state index in [0.717, 1.165) is 16.7 Å². The minimum Gasteiger partial charge on any atom is -0.469 e. The highest BCUT2D eigenvalue weighted by atomic mass is 32.2. The Kier molecular flexibility index (Phi) is 6.34. The molecule has 0 heterocycles. The number of nitrogens with one attached hydrogen (secondary N) is 1. The van der Waals surface area contributed by atoms with Gasteiger partial charge < -0.3 is 4.74 Å². The van der Waals surface area contributed by atoms with Gasteiger partial charge in [-0.2, -0.15) is 0 Å². The van der Waals surface area contributed by atoms with Gasteiger partial charge >= 0.3 is 5.97 Å². The summed E-state index contributed by atoms with van der Waals surface area (Å²) in [6, 6.07) is 23.1. The van der Waals surface area contributed by atoms with Gasteiger partial charge in [0.15, 0.2) is 0 Å². The predicted octanol–water partition coefficient (Wildman–Crippen LogP) is 4.30. The highest BCUT2D eigenvalue weighted by Gasteiger charge is 2.22. The molecular weight excluding hydrogens is 386 g/mol. The van der Waals surface area contributed by atoms with Crippen LogP contribution in [-0.4, -0.2) is 21.5 Å². The Morgan fingerprint density at radius 1 is 0.931 bits per heavy atom. The van der Waals surface area contributed by atoms with Gasteiger partial charge in [-0.1, -0.05) is 60.2 Å². The summed E-state index contributed by atoms with van der Waals surface area (Å²) in [7, 11) is -2.27. The smallest absolute Gasteiger partial charge is 0.313 e. The van der Waals surface area contributed by atoms with Crippen molar-refractivity contribution in [3.8, 4) is 0 Å². The quantitative estimate of drug-likeness (QED) is 0.591. The maximum absolute atomic E-state index is 12.5. The molecule has 0 aliphatic heterocycles. The van der Waals surface area contributed by atoms with Crippen molar-refractivity contribution in [2.75, 3.05) is 11.8 Å². The van der Waals surface area contributed by atoms with Crippen LogP contribution in [0.3, 0.4) is 0 Å². The number of carbonyl (C=O) groups excluding carboxylic acids is 1. The summed E-state index contributed by atoms with van der Waals surface area (Å²) in [6.07, 6.45) is 0.460. The van der Waals surface area contributed by atoms with E-state index in [-0.39, 0.29) is 10.9 Å². The van der Waals surface area contributed by atoms with E-state index in [9.17, 15) is 13.2 Å². The molecule has 1 N–H and O–H groups in total. The molecule has 0 aliphatic rings. The molecule has 0 amide bonds. The van der Waals surface area contributed by atoms with E-state index in [1.165, 1.54) is 7.11 Å². The molecule has 0 saturated heterocycles. The van der Waals surface area contributed by atoms with Crippen LogP contribution in [0.25, 0.3) is 0 Å². The molecule has 1 atom stereocenters. The molecule has 0 fully saturated rings. The van der Waals surface area contributed by atoms with E-state index >= 15 is 0 Å². The molecular formula is C23H23NO4S. The Morgan fingerprint density at radius 2 is 1.55 bits per heavy atom. The second-order valence-electron chi connectivity index (χ2n) is 6.81. The first kappa shape index (κ1) is 20.6. The molecule has 0 saturated carbocycles. The number of aryl methyl sites for hydroxylation is 1. The molecule has 5 nitrogen and oxygen atoms in total. The lowest BCUT2D eigenvalue weighted by molar-refractivity contribution is -0.142. The van der Waals surface area contributed by atoms with Crippen molar-refractivity contribution in [2.24, 2.45) is 0 Å². The molecule has 3 aromatic rings. The lowest BCUT2D eigenvalue weighted by atomic mass is 9.92. The highest BCUT2D eigenvalue weighted by Crippen LogP contribution is 2.24. The van der Waals surface area contributed by atoms with Crippen molar-refractivity contribution in [3.05, 3.63) is 95.6 Å². The zero-order valence-electron chi connectivity index (χ0n) is 16.3. The molecule has 3 aromatic carbocycles. The van der Waals surface area contributed by atoms with Crippen LogP contribution in [0.5, 0.6) is 0 Å². The van der Waals surface area contributed by atoms with Crippen LogP contribution >= 0.6 is 0 Å². The van der Waals surface area contributed by atoms with Crippen LogP contribution in [0.15, 0.2) is 83.8 Å². The van der Waals surface area contributed by atoms with Crippen molar-refractivity contribution in [1.29, 1.82) is 0 Å². The average molecular weight is 410 g/mol. The number of hydrogen-bond donors (Lipinski definition) is 1. The number of benzene rings is 3. The fourth-order valence-corrected chi connectivity index (χ4v) is 4.10. The van der Waals surface area contributed by atoms with Gasteiger partial charge in [0.25, 0.3) is 10.0 Å². The second-order valence-corrected chi connectivity index (χ2v) is 8.49. The molecule has 0 radical (unpaired) electrons. The minimum atomic E-state index is -3.65. The number of sulfonamides is 1. The molecule has 3 rings (SSSR count). The van der Waals surface area contributed by atoms with E-state index in [2.05, 4.69) is 4.72 Å². The fourth-order valence-electron chi connectivity index (χ4n) is 3.04. The first-order chi connectivity index (χ1) is 13.9. The number of anilines is 1. The lowest BCUT2D eigenvalue weighted by Crippen LogP contribution is -2.17. The Balaban J connectivity index is 1.75. The zero-order chi connectivity index (χ0) is 20.9. The normalized spacial score (nSPS) is 12.2. The fraction of sp³-hybridized carbons (Fsp3) is 0.174. The van der Waals surface area contributed by atoms with Crippen LogP contribution < -0.4 is 4.72 Å². The number of hydrogen-bond acceptors (Lipinski definition) is 4. The summed E-state index contributed by atoms with van der Waals surface area (Å²) in [5.74, 6) is -0.725. The Bertz CT molecular complexity index is 1060. The van der Waals surface area contributed by atoms with Crippen molar-refractivity contribution in [1.82, 2.24) is 0 Å². The zero-order valence-corrected chi connectivity index (χ0v) is 17.1. The van der Waals surface area contributed by atoms with Crippen LogP contribution in [0.2, 0.25) is 0 Å². The summed E-state index contributed by atoms with van der Waals surface area (Å²) in [5.41, 5.74) is 3.24. The van der Waals surface area contributed by atoms with Gasteiger partial charge in [-0.15, -0.1) is 0 Å². The summed E-state index contributed by atoms with van der Waals surface area (Å²) in [4.78, 5) is 12.4. The average Bonchev–Trinajstić information content (AvgIpc) is 2.73. The van der Waals surface area contributed by atoms with Crippen LogP contribution in [0, 0.1) is 6.92 Å². The summed E-state index contributed by atoms with van der Waals surface area (Å²) in [5, 5.41) is 0. The minimum absolute atomic E-state index is 0.210. The van der Waals surface area contributed by atoms with Gasteiger partial charge in [0.2, 0.25) is 0 Å². The van der Waals surface area contributed by atoms with Gasteiger partial charge in [-0.3, -0.25) is 9.52 Å². The van der Waals surface area contributed by atoms with Gasteiger partial charge in [0.05, 0.1) is 17.9 Å². The van der Waals surface area contributed by atoms with Crippen molar-refractivity contribution < 1.29 is 17.9 Å². The number of ether oxygens (including phenoxy) is 1. The van der Waals surface area contributed by atoms with Crippen LogP contribution in [0.1, 0.15) is 22.6 Å². The number of rotatable bonds is 7. The number of methoxy groups -OCH3 is 1. The summed E-state index contributed by atoms with van der Waals surface area (Å²) < 4.78 is 32.6. The van der Waals surface area contributed by atoms with E-state index in [1.54, 1.807) is 36.4 Å². The Labute approximate surface area is 171 Å². The summed E-state index contributed by atoms with van der Waals surface area (Å²) in [6.45, 7) is 1.90. The first-order valence-electron chi connectivity index (χ1n) is 9.20. The van der Waals surface area contributed by atoms with Crippen LogP contribution in [-0.2, 0) is 26.0 Å². The SMILES string of the molecule is COC(=O)C(Cc1ccc(NS(=O)(=O)c2ccc(C)cc2)cc1)c1ccccc1. The van der Waals surface area contributed by atoms with Gasteiger partial charge in [-0.05, 0) is 48.7 Å². The predicted molar refractivity (Wildman–Crippen MR) is 113 cm³/mol. The van der Waals surface area contributed by atoms with E-state index < -0.39 is 15.9 Å². The third kappa shape index (κ3) is 5.23. The van der Waals surface area contributed by atoms with E-state index in [0.29, 0.717) is 12.1 Å². The largest absolute Gasteiger partial charge is 0.469 e. The monoisotopic (exact) mass is 409 g/mol. The van der Waals surface area contributed by atoms with Crippen molar-refractivity contribution in [3.63, 3.8) is 0 Å². The standard InChI is InChI=1S/C23H23NO4S/c1-17-8-14-21(15-9-17)29(26,27)24-20-12-10-18(11-13-20)16-22(23(25)28-2)19-6-4-3-5-7-19/h3-15,22,24H,16H2,1-2H3. The van der Waals surface area contributed by atoms with Crippen molar-refractivity contribution >= 4 is 21.7 Å². The molecule has 0 bridgehead atoms. The van der Waals surface area contributed by atoms with Gasteiger partial charge in [0.1, 0.15) is 0 Å². The topological polar surface area (TPSA) is 72.5 Å². The molecule has 6 heteroatoms. The first-order valence-corrected chi connectivity index (χ1v) is 10.7. The van der Waals surface area contributed by atoms with Gasteiger partial charge in [0, 0.05) is 5.69 Å². The Morgan fingerprint density at radius 3 is 2.14 bits per heavy atom. The third-order valence-corrected chi connectivity index (χ3v) is 6.06. The second kappa shape index (κ2) is 8.92. The lowest BCUT2D eigenvalue weighted by Gasteiger charge is -2.15. The summed E-state index contributed by atoms with van der Waals surface area (Å²) >= 11 is 0. The van der Waals surface area contributed by atoms with E-state index in [1.807, 2.05) is 49.4 Å². The van der Waals surface area contributed by atoms with Crippen molar-refractivity contribution in [2.45, 2.75) is 24.2 Å². The number of esters is 1. The molecule has 150 valence electrons. The van der Waals surface area contributed by atoms with E-state index in [4.69, 9.17) is 4.74 Å². The molecule has 29 heavy (non-hydrogen) atoms. The highest BCUT2D eigenvalue weighted by molar-refractivity contribution is 7.92. The number of carbonyl (C=O) groups is 1. The molecule has 0 aliphatic carbocycles. The Hall–Kier alpha value is -3.12. The maximum atomic E-state index is 12.5. The molecule has 1 unspecified atom stereocenters. The maximum Gasteiger partial charge on any atom is 0.313 e. The third-order valence-electron chi connectivity index (χ3n) is 4.66. The molecule has 0 spiro atoms. The van der Waals surface area contributed by atoms with Crippen LogP contribution in [0.4, 0.5) is 5.69 Å².